The summed E-state index contributed by atoms with van der Waals surface area (Å²) in [6, 6.07) is 1.77. The molecule has 0 aliphatic carbocycles. The molecule has 0 aromatic carbocycles. The van der Waals surface area contributed by atoms with Crippen LogP contribution in [0.5, 0.6) is 0 Å². The minimum atomic E-state index is -4.47. The number of aromatic nitrogens is 1. The number of nitrogens with one attached hydrogen (secondary N) is 1. The van der Waals surface area contributed by atoms with Gasteiger partial charge in [-0.15, -0.1) is 24.0 Å². The van der Waals surface area contributed by atoms with Gasteiger partial charge in [0.15, 0.2) is 5.96 Å². The zero-order chi connectivity index (χ0) is 18.4. The van der Waals surface area contributed by atoms with Crippen LogP contribution >= 0.6 is 24.0 Å². The summed E-state index contributed by atoms with van der Waals surface area (Å²) in [4.78, 5) is 6.08. The van der Waals surface area contributed by atoms with Gasteiger partial charge >= 0.3 is 5.76 Å². The molecule has 8 nitrogen and oxygen atoms in total. The number of hydrogen-bond acceptors (Lipinski definition) is 5. The number of guanidine groups is 1. The third-order valence-corrected chi connectivity index (χ3v) is 5.71. The largest absolute Gasteiger partial charge is 0.364 e. The van der Waals surface area contributed by atoms with Crippen molar-refractivity contribution in [2.75, 3.05) is 33.7 Å². The molecule has 0 radical (unpaired) electrons. The molecule has 1 aliphatic rings. The van der Waals surface area contributed by atoms with Crippen molar-refractivity contribution in [2.24, 2.45) is 10.9 Å². The standard InChI is InChI=1S/C14H23F2N5O3S.HI/c1-17-14(20(2)10-12-5-8-24-19-12)18-9-11-3-6-21(7-4-11)25(22,23)13(15)16;/h5,8,11,13H,3-4,6-7,9-10H2,1-2H3,(H,17,18);1H. The zero-order valence-corrected chi connectivity index (χ0v) is 17.8. The first-order valence-corrected chi connectivity index (χ1v) is 9.43. The number of piperidine rings is 1. The molecular weight excluding hydrogens is 483 g/mol. The molecule has 0 atom stereocenters. The lowest BCUT2D eigenvalue weighted by atomic mass is 9.98. The number of nitrogens with zero attached hydrogens (tertiary/aromatic N) is 4. The molecule has 0 unspecified atom stereocenters. The minimum Gasteiger partial charge on any atom is -0.364 e. The van der Waals surface area contributed by atoms with E-state index in [2.05, 4.69) is 15.5 Å². The monoisotopic (exact) mass is 507 g/mol. The van der Waals surface area contributed by atoms with Crippen molar-refractivity contribution in [1.82, 2.24) is 19.7 Å². The van der Waals surface area contributed by atoms with Crippen LogP contribution < -0.4 is 5.32 Å². The van der Waals surface area contributed by atoms with Crippen LogP contribution in [0.2, 0.25) is 0 Å². The highest BCUT2D eigenvalue weighted by molar-refractivity contribution is 14.0. The second-order valence-corrected chi connectivity index (χ2v) is 7.83. The molecule has 150 valence electrons. The summed E-state index contributed by atoms with van der Waals surface area (Å²) in [5, 5.41) is 7.07. The molecule has 0 bridgehead atoms. The normalized spacial score (nSPS) is 17.2. The van der Waals surface area contributed by atoms with Crippen LogP contribution in [-0.2, 0) is 16.6 Å². The average Bonchev–Trinajstić information content (AvgIpc) is 3.08. The molecule has 1 aromatic rings. The van der Waals surface area contributed by atoms with Crippen molar-refractivity contribution in [2.45, 2.75) is 25.1 Å². The van der Waals surface area contributed by atoms with Gasteiger partial charge in [0.2, 0.25) is 0 Å². The number of aliphatic imine (C=N–C) groups is 1. The van der Waals surface area contributed by atoms with Gasteiger partial charge in [-0.2, -0.15) is 13.1 Å². The minimum absolute atomic E-state index is 0. The van der Waals surface area contributed by atoms with Crippen molar-refractivity contribution in [3.63, 3.8) is 0 Å². The van der Waals surface area contributed by atoms with E-state index in [4.69, 9.17) is 4.52 Å². The lowest BCUT2D eigenvalue weighted by molar-refractivity contribution is 0.204. The van der Waals surface area contributed by atoms with Crippen molar-refractivity contribution < 1.29 is 21.7 Å². The molecule has 12 heteroatoms. The zero-order valence-electron chi connectivity index (χ0n) is 14.6. The molecule has 1 fully saturated rings. The Bertz CT molecular complexity index is 664. The topological polar surface area (TPSA) is 91.0 Å². The lowest BCUT2D eigenvalue weighted by Gasteiger charge is -2.31. The third kappa shape index (κ3) is 6.01. The van der Waals surface area contributed by atoms with Gasteiger partial charge in [-0.05, 0) is 18.8 Å². The van der Waals surface area contributed by atoms with Crippen LogP contribution in [0.3, 0.4) is 0 Å². The van der Waals surface area contributed by atoms with E-state index in [9.17, 15) is 17.2 Å². The van der Waals surface area contributed by atoms with E-state index in [0.717, 1.165) is 10.00 Å². The molecule has 26 heavy (non-hydrogen) atoms. The molecule has 1 saturated heterocycles. The summed E-state index contributed by atoms with van der Waals surface area (Å²) in [5.41, 5.74) is 0.774. The van der Waals surface area contributed by atoms with Gasteiger partial charge in [-0.3, -0.25) is 4.99 Å². The van der Waals surface area contributed by atoms with Crippen LogP contribution in [0.4, 0.5) is 8.78 Å². The Balaban J connectivity index is 0.00000338. The van der Waals surface area contributed by atoms with Crippen molar-refractivity contribution >= 4 is 40.0 Å². The van der Waals surface area contributed by atoms with Gasteiger partial charge in [-0.25, -0.2) is 8.42 Å². The first kappa shape index (κ1) is 23.0. The summed E-state index contributed by atoms with van der Waals surface area (Å²) >= 11 is 0. The predicted molar refractivity (Wildman–Crippen MR) is 104 cm³/mol. The van der Waals surface area contributed by atoms with Crippen molar-refractivity contribution in [1.29, 1.82) is 0 Å². The van der Waals surface area contributed by atoms with E-state index in [1.807, 2.05) is 11.9 Å². The fourth-order valence-corrected chi connectivity index (χ4v) is 3.68. The van der Waals surface area contributed by atoms with Gasteiger partial charge in [0, 0.05) is 39.8 Å². The molecule has 1 N–H and O–H groups in total. The van der Waals surface area contributed by atoms with Crippen LogP contribution in [0.15, 0.2) is 21.8 Å². The van der Waals surface area contributed by atoms with E-state index in [-0.39, 0.29) is 43.0 Å². The third-order valence-electron chi connectivity index (χ3n) is 4.17. The van der Waals surface area contributed by atoms with Crippen LogP contribution in [0.1, 0.15) is 18.5 Å². The molecule has 2 rings (SSSR count). The number of halogens is 3. The SMILES string of the molecule is CN=C(NCC1CCN(S(=O)(=O)C(F)F)CC1)N(C)Cc1ccon1.I. The Morgan fingerprint density at radius 2 is 2.15 bits per heavy atom. The molecule has 1 aromatic heterocycles. The number of alkyl halides is 2. The lowest BCUT2D eigenvalue weighted by Crippen LogP contribution is -2.45. The molecule has 0 saturated carbocycles. The second-order valence-electron chi connectivity index (χ2n) is 5.92. The second kappa shape index (κ2) is 10.3. The summed E-state index contributed by atoms with van der Waals surface area (Å²) < 4.78 is 53.7. The highest BCUT2D eigenvalue weighted by atomic mass is 127. The smallest absolute Gasteiger partial charge is 0.350 e. The Morgan fingerprint density at radius 3 is 2.65 bits per heavy atom. The fourth-order valence-electron chi connectivity index (χ4n) is 2.74. The van der Waals surface area contributed by atoms with Gasteiger partial charge < -0.3 is 14.7 Å². The highest BCUT2D eigenvalue weighted by Gasteiger charge is 2.34. The fraction of sp³-hybridized carbons (Fsp3) is 0.714. The first-order chi connectivity index (χ1) is 11.8. The van der Waals surface area contributed by atoms with Gasteiger partial charge in [0.25, 0.3) is 10.0 Å². The molecule has 2 heterocycles. The van der Waals surface area contributed by atoms with Gasteiger partial charge in [0.1, 0.15) is 12.0 Å². The van der Waals surface area contributed by atoms with Crippen LogP contribution in [0.25, 0.3) is 0 Å². The Labute approximate surface area is 169 Å². The van der Waals surface area contributed by atoms with E-state index in [1.165, 1.54) is 6.26 Å². The summed E-state index contributed by atoms with van der Waals surface area (Å²) in [7, 11) is -0.941. The van der Waals surface area contributed by atoms with E-state index >= 15 is 0 Å². The number of rotatable bonds is 6. The van der Waals surface area contributed by atoms with Crippen molar-refractivity contribution in [3.05, 3.63) is 18.0 Å². The number of sulfonamides is 1. The van der Waals surface area contributed by atoms with Gasteiger partial charge in [-0.1, -0.05) is 5.16 Å². The van der Waals surface area contributed by atoms with Crippen LogP contribution in [-0.4, -0.2) is 68.2 Å². The maximum Gasteiger partial charge on any atom is 0.350 e. The number of hydrogen-bond donors (Lipinski definition) is 1. The molecule has 0 amide bonds. The summed E-state index contributed by atoms with van der Waals surface area (Å²) in [6.07, 6.45) is 2.56. The highest BCUT2D eigenvalue weighted by Crippen LogP contribution is 2.22. The Hall–Kier alpha value is -1.02. The summed E-state index contributed by atoms with van der Waals surface area (Å²) in [6.45, 7) is 1.36. The van der Waals surface area contributed by atoms with E-state index < -0.39 is 15.8 Å². The van der Waals surface area contributed by atoms with E-state index in [1.54, 1.807) is 13.1 Å². The first-order valence-electron chi connectivity index (χ1n) is 7.92. The average molecular weight is 507 g/mol. The van der Waals surface area contributed by atoms with Crippen molar-refractivity contribution in [3.8, 4) is 0 Å². The van der Waals surface area contributed by atoms with E-state index in [0.29, 0.717) is 31.9 Å². The van der Waals surface area contributed by atoms with Gasteiger partial charge in [0.05, 0.1) is 6.54 Å². The predicted octanol–water partition coefficient (Wildman–Crippen LogP) is 1.56. The Morgan fingerprint density at radius 1 is 1.50 bits per heavy atom. The molecular formula is C14H24F2IN5O3S. The van der Waals surface area contributed by atoms with Crippen LogP contribution in [0, 0.1) is 5.92 Å². The Kier molecular flexibility index (Phi) is 9.16. The molecule has 1 aliphatic heterocycles. The summed E-state index contributed by atoms with van der Waals surface area (Å²) in [5.74, 6) is -2.49. The maximum absolute atomic E-state index is 12.6. The quantitative estimate of drug-likeness (QED) is 0.357. The maximum atomic E-state index is 12.6. The molecule has 0 spiro atoms.